The Kier molecular flexibility index (Phi) is 6.10. The molecule has 0 saturated heterocycles. The zero-order valence-electron chi connectivity index (χ0n) is 14.9. The highest BCUT2D eigenvalue weighted by molar-refractivity contribution is 9.12. The van der Waals surface area contributed by atoms with Gasteiger partial charge in [0.1, 0.15) is 23.6 Å². The molecule has 1 unspecified atom stereocenters. The van der Waals surface area contributed by atoms with Gasteiger partial charge in [0.25, 0.3) is 11.8 Å². The molecule has 1 spiro atoms. The monoisotopic (exact) mass is 519 g/mol. The van der Waals surface area contributed by atoms with Gasteiger partial charge in [0, 0.05) is 13.0 Å². The van der Waals surface area contributed by atoms with Crippen molar-refractivity contribution in [3.8, 4) is 0 Å². The van der Waals surface area contributed by atoms with Crippen molar-refractivity contribution >= 4 is 55.3 Å². The van der Waals surface area contributed by atoms with Crippen molar-refractivity contribution in [2.45, 2.75) is 37.0 Å². The van der Waals surface area contributed by atoms with Crippen LogP contribution in [0.5, 0.6) is 0 Å². The lowest BCUT2D eigenvalue weighted by Gasteiger charge is -2.33. The fraction of sp³-hybridized carbons (Fsp3) is 0.500. The molecule has 0 bridgehead atoms. The molecule has 3 atom stereocenters. The first-order valence-corrected chi connectivity index (χ1v) is 10.0. The van der Waals surface area contributed by atoms with Crippen molar-refractivity contribution in [1.29, 1.82) is 0 Å². The molecule has 0 aromatic rings. The van der Waals surface area contributed by atoms with Crippen LogP contribution in [0, 0.1) is 0 Å². The number of oxime groups is 1. The first kappa shape index (κ1) is 20.8. The summed E-state index contributed by atoms with van der Waals surface area (Å²) in [4.78, 5) is 33.3. The Bertz CT molecular complexity index is 824. The van der Waals surface area contributed by atoms with E-state index in [2.05, 4.69) is 52.6 Å². The Balaban J connectivity index is 1.52. The molecule has 10 nitrogen and oxygen atoms in total. The summed E-state index contributed by atoms with van der Waals surface area (Å²) < 4.78 is 6.21. The molecule has 28 heavy (non-hydrogen) atoms. The van der Waals surface area contributed by atoms with Gasteiger partial charge in [-0.2, -0.15) is 0 Å². The predicted molar refractivity (Wildman–Crippen MR) is 108 cm³/mol. The van der Waals surface area contributed by atoms with Crippen LogP contribution in [0.3, 0.4) is 0 Å². The van der Waals surface area contributed by atoms with Crippen LogP contribution >= 0.6 is 31.9 Å². The highest BCUT2D eigenvalue weighted by Crippen LogP contribution is 2.43. The lowest BCUT2D eigenvalue weighted by molar-refractivity contribution is -0.120. The van der Waals surface area contributed by atoms with Crippen LogP contribution in [0.4, 0.5) is 0 Å². The van der Waals surface area contributed by atoms with E-state index >= 15 is 0 Å². The van der Waals surface area contributed by atoms with Gasteiger partial charge in [-0.3, -0.25) is 14.9 Å². The average Bonchev–Trinajstić information content (AvgIpc) is 3.21. The molecule has 0 aromatic heterocycles. The van der Waals surface area contributed by atoms with Gasteiger partial charge in [0.2, 0.25) is 0 Å². The Labute approximate surface area is 177 Å². The van der Waals surface area contributed by atoms with Crippen molar-refractivity contribution < 1.29 is 24.3 Å². The fourth-order valence-electron chi connectivity index (χ4n) is 3.08. The van der Waals surface area contributed by atoms with Crippen LogP contribution in [0.15, 0.2) is 30.9 Å². The number of carbonyl (C=O) groups is 2. The second-order valence-electron chi connectivity index (χ2n) is 6.45. The maximum atomic E-state index is 12.4. The van der Waals surface area contributed by atoms with E-state index in [0.717, 1.165) is 0 Å². The second-order valence-corrected chi connectivity index (χ2v) is 8.16. The van der Waals surface area contributed by atoms with E-state index in [1.807, 2.05) is 0 Å². The number of aliphatic hydroxyl groups is 1. The Morgan fingerprint density at radius 3 is 2.96 bits per heavy atom. The largest absolute Gasteiger partial charge is 0.495 e. The van der Waals surface area contributed by atoms with Gasteiger partial charge in [0.05, 0.1) is 16.1 Å². The summed E-state index contributed by atoms with van der Waals surface area (Å²) in [5.74, 6) is -0.0788. The number of methoxy groups -OCH3 is 1. The summed E-state index contributed by atoms with van der Waals surface area (Å²) in [6, 6.07) is -0.522. The van der Waals surface area contributed by atoms with Gasteiger partial charge in [-0.15, -0.1) is 0 Å². The molecule has 5 N–H and O–H groups in total. The number of rotatable bonds is 6. The SMILES string of the molecule is COC1=C(Br)[C@H](O)[C@@]2(C=C1Br)CC(C(=O)NCCCC1N=C(N)NC1=O)=NO2. The number of amides is 2. The van der Waals surface area contributed by atoms with Crippen molar-refractivity contribution in [1.82, 2.24) is 10.6 Å². The summed E-state index contributed by atoms with van der Waals surface area (Å²) in [6.07, 6.45) is 1.65. The van der Waals surface area contributed by atoms with E-state index in [-0.39, 0.29) is 24.0 Å². The van der Waals surface area contributed by atoms with Crippen LogP contribution in [-0.2, 0) is 19.2 Å². The lowest BCUT2D eigenvalue weighted by Crippen LogP contribution is -2.45. The molecular formula is C16H19Br2N5O5. The number of hydrogen-bond donors (Lipinski definition) is 4. The second kappa shape index (κ2) is 8.21. The molecule has 0 fully saturated rings. The maximum Gasteiger partial charge on any atom is 0.269 e. The van der Waals surface area contributed by atoms with Gasteiger partial charge < -0.3 is 25.7 Å². The fourth-order valence-corrected chi connectivity index (χ4v) is 4.87. The molecule has 152 valence electrons. The van der Waals surface area contributed by atoms with E-state index in [1.165, 1.54) is 7.11 Å². The van der Waals surface area contributed by atoms with E-state index in [0.29, 0.717) is 34.1 Å². The van der Waals surface area contributed by atoms with Gasteiger partial charge in [0.15, 0.2) is 11.6 Å². The average molecular weight is 521 g/mol. The summed E-state index contributed by atoms with van der Waals surface area (Å²) in [7, 11) is 1.48. The summed E-state index contributed by atoms with van der Waals surface area (Å²) in [6.45, 7) is 0.337. The Hall–Kier alpha value is -1.92. The molecule has 3 rings (SSSR count). The number of ether oxygens (including phenoxy) is 1. The molecule has 0 aromatic carbocycles. The third kappa shape index (κ3) is 3.94. The predicted octanol–water partition coefficient (Wildman–Crippen LogP) is 0.117. The summed E-state index contributed by atoms with van der Waals surface area (Å²) in [5.41, 5.74) is 4.41. The molecule has 2 amide bonds. The summed E-state index contributed by atoms with van der Waals surface area (Å²) in [5, 5.41) is 19.6. The highest BCUT2D eigenvalue weighted by Gasteiger charge is 2.50. The molecule has 1 aliphatic carbocycles. The van der Waals surface area contributed by atoms with Gasteiger partial charge in [-0.05, 0) is 50.8 Å². The lowest BCUT2D eigenvalue weighted by atomic mass is 9.87. The number of guanidine groups is 1. The Morgan fingerprint density at radius 2 is 2.32 bits per heavy atom. The van der Waals surface area contributed by atoms with Crippen LogP contribution in [0.2, 0.25) is 0 Å². The third-order valence-corrected chi connectivity index (χ3v) is 5.92. The van der Waals surface area contributed by atoms with Gasteiger partial charge in [-0.25, -0.2) is 4.99 Å². The molecule has 2 heterocycles. The molecular weight excluding hydrogens is 502 g/mol. The normalized spacial score (nSPS) is 29.1. The number of aliphatic hydroxyl groups excluding tert-OH is 1. The third-order valence-electron chi connectivity index (χ3n) is 4.53. The van der Waals surface area contributed by atoms with E-state index < -0.39 is 23.7 Å². The standard InChI is InChI=1S/C16H19Br2N5O5/c1-27-11-7(17)5-16(12(24)10(11)18)6-9(23-28-16)13(25)20-4-2-3-8-14(26)22-15(19)21-8/h5,8,12,24H,2-4,6H2,1H3,(H,20,25)(H3,19,21,22,26)/t8?,12-,16+/m0/s1. The van der Waals surface area contributed by atoms with Crippen LogP contribution in [-0.4, -0.2) is 60.0 Å². The number of aliphatic imine (C=N–C) groups is 1. The van der Waals surface area contributed by atoms with E-state index in [9.17, 15) is 14.7 Å². The number of nitrogens with one attached hydrogen (secondary N) is 2. The quantitative estimate of drug-likeness (QED) is 0.365. The van der Waals surface area contributed by atoms with Crippen molar-refractivity contribution in [2.24, 2.45) is 15.9 Å². The topological polar surface area (TPSA) is 148 Å². The highest BCUT2D eigenvalue weighted by atomic mass is 79.9. The van der Waals surface area contributed by atoms with Crippen molar-refractivity contribution in [3.63, 3.8) is 0 Å². The smallest absolute Gasteiger partial charge is 0.269 e. The first-order valence-electron chi connectivity index (χ1n) is 8.45. The number of nitrogens with two attached hydrogens (primary N) is 1. The van der Waals surface area contributed by atoms with Gasteiger partial charge in [-0.1, -0.05) is 5.16 Å². The van der Waals surface area contributed by atoms with Gasteiger partial charge >= 0.3 is 0 Å². The number of hydrogen-bond acceptors (Lipinski definition) is 8. The van der Waals surface area contributed by atoms with E-state index in [1.54, 1.807) is 6.08 Å². The zero-order valence-corrected chi connectivity index (χ0v) is 18.0. The van der Waals surface area contributed by atoms with E-state index in [4.69, 9.17) is 15.3 Å². The molecule has 0 saturated carbocycles. The Morgan fingerprint density at radius 1 is 1.57 bits per heavy atom. The number of nitrogens with zero attached hydrogens (tertiary/aromatic N) is 2. The minimum absolute atomic E-state index is 0.0903. The number of allylic oxidation sites excluding steroid dienone is 1. The summed E-state index contributed by atoms with van der Waals surface area (Å²) >= 11 is 6.68. The maximum absolute atomic E-state index is 12.4. The van der Waals surface area contributed by atoms with Crippen molar-refractivity contribution in [2.75, 3.05) is 13.7 Å². The molecule has 0 radical (unpaired) electrons. The number of carbonyl (C=O) groups excluding carboxylic acids is 2. The molecule has 3 aliphatic rings. The van der Waals surface area contributed by atoms with Crippen molar-refractivity contribution in [3.05, 3.63) is 20.8 Å². The minimum atomic E-state index is -1.19. The number of halogens is 2. The van der Waals surface area contributed by atoms with Crippen LogP contribution < -0.4 is 16.4 Å². The first-order chi connectivity index (χ1) is 13.3. The zero-order chi connectivity index (χ0) is 20.5. The van der Waals surface area contributed by atoms with Crippen LogP contribution in [0.1, 0.15) is 19.3 Å². The van der Waals surface area contributed by atoms with Crippen LogP contribution in [0.25, 0.3) is 0 Å². The molecule has 2 aliphatic heterocycles. The molecule has 12 heteroatoms. The minimum Gasteiger partial charge on any atom is -0.495 e.